The molecule has 0 spiro atoms. The molecule has 0 bridgehead atoms. The summed E-state index contributed by atoms with van der Waals surface area (Å²) in [6, 6.07) is 6.50. The molecule has 1 heterocycles. The highest BCUT2D eigenvalue weighted by atomic mass is 16.1. The summed E-state index contributed by atoms with van der Waals surface area (Å²) < 4.78 is 0. The zero-order valence-corrected chi connectivity index (χ0v) is 11.0. The van der Waals surface area contributed by atoms with E-state index in [4.69, 9.17) is 0 Å². The number of ketones is 1. The monoisotopic (exact) mass is 231 g/mol. The van der Waals surface area contributed by atoms with E-state index >= 15 is 0 Å². The molecule has 0 atom stereocenters. The lowest BCUT2D eigenvalue weighted by molar-refractivity contribution is -0.119. The molecule has 0 saturated carbocycles. The predicted molar refractivity (Wildman–Crippen MR) is 71.7 cm³/mol. The second kappa shape index (κ2) is 4.91. The Morgan fingerprint density at radius 1 is 1.18 bits per heavy atom. The van der Waals surface area contributed by atoms with Crippen LogP contribution in [0.4, 0.5) is 5.69 Å². The number of rotatable bonds is 2. The Morgan fingerprint density at radius 2 is 1.82 bits per heavy atom. The summed E-state index contributed by atoms with van der Waals surface area (Å²) in [6.45, 7) is 8.38. The predicted octanol–water partition coefficient (Wildman–Crippen LogP) is 3.29. The number of hydrogen-bond acceptors (Lipinski definition) is 2. The van der Waals surface area contributed by atoms with Crippen molar-refractivity contribution >= 4 is 11.5 Å². The van der Waals surface area contributed by atoms with Crippen molar-refractivity contribution in [2.24, 2.45) is 0 Å². The molecular formula is C15H21NO. The van der Waals surface area contributed by atoms with E-state index in [1.165, 1.54) is 16.8 Å². The van der Waals surface area contributed by atoms with E-state index in [2.05, 4.69) is 43.9 Å². The molecule has 2 nitrogen and oxygen atoms in total. The van der Waals surface area contributed by atoms with E-state index in [-0.39, 0.29) is 0 Å². The lowest BCUT2D eigenvalue weighted by Crippen LogP contribution is -2.35. The van der Waals surface area contributed by atoms with Crippen LogP contribution in [0.5, 0.6) is 0 Å². The third-order valence-corrected chi connectivity index (χ3v) is 3.53. The number of Topliss-reactive ketones (excluding diaryl/α,β-unsaturated/α-hetero) is 1. The standard InChI is InChI=1S/C15H21NO/c1-11(2)14-6-4-5-12(3)15(14)16-9-7-13(17)8-10-16/h4-6,11H,7-10H2,1-3H3. The molecule has 92 valence electrons. The van der Waals surface area contributed by atoms with Crippen LogP contribution in [0.3, 0.4) is 0 Å². The topological polar surface area (TPSA) is 20.3 Å². The van der Waals surface area contributed by atoms with Gasteiger partial charge < -0.3 is 4.90 Å². The molecule has 1 aromatic rings. The number of anilines is 1. The third kappa shape index (κ3) is 2.51. The Balaban J connectivity index is 2.33. The Hall–Kier alpha value is -1.31. The maximum absolute atomic E-state index is 11.3. The van der Waals surface area contributed by atoms with Gasteiger partial charge in [0.05, 0.1) is 0 Å². The highest BCUT2D eigenvalue weighted by Crippen LogP contribution is 2.32. The van der Waals surface area contributed by atoms with Gasteiger partial charge in [-0.2, -0.15) is 0 Å². The number of para-hydroxylation sites is 1. The largest absolute Gasteiger partial charge is 0.370 e. The SMILES string of the molecule is Cc1cccc(C(C)C)c1N1CCC(=O)CC1. The minimum absolute atomic E-state index is 0.404. The van der Waals surface area contributed by atoms with Crippen LogP contribution in [0.1, 0.15) is 43.7 Å². The van der Waals surface area contributed by atoms with Gasteiger partial charge in [-0.15, -0.1) is 0 Å². The first-order valence-electron chi connectivity index (χ1n) is 6.45. The molecule has 1 aliphatic heterocycles. The molecular weight excluding hydrogens is 210 g/mol. The lowest BCUT2D eigenvalue weighted by Gasteiger charge is -2.32. The van der Waals surface area contributed by atoms with Crippen LogP contribution in [0.25, 0.3) is 0 Å². The van der Waals surface area contributed by atoms with Crippen molar-refractivity contribution in [1.29, 1.82) is 0 Å². The van der Waals surface area contributed by atoms with Crippen molar-refractivity contribution in [2.45, 2.75) is 39.5 Å². The van der Waals surface area contributed by atoms with Crippen LogP contribution in [0.2, 0.25) is 0 Å². The summed E-state index contributed by atoms with van der Waals surface area (Å²) in [6.07, 6.45) is 1.40. The second-order valence-electron chi connectivity index (χ2n) is 5.19. The number of nitrogens with zero attached hydrogens (tertiary/aromatic N) is 1. The summed E-state index contributed by atoms with van der Waals surface area (Å²) in [4.78, 5) is 13.7. The number of carbonyl (C=O) groups excluding carboxylic acids is 1. The van der Waals surface area contributed by atoms with Crippen LogP contribution in [-0.4, -0.2) is 18.9 Å². The fraction of sp³-hybridized carbons (Fsp3) is 0.533. The van der Waals surface area contributed by atoms with E-state index in [0.29, 0.717) is 24.5 Å². The van der Waals surface area contributed by atoms with Gasteiger partial charge in [0.15, 0.2) is 0 Å². The van der Waals surface area contributed by atoms with Gasteiger partial charge in [-0.3, -0.25) is 4.79 Å². The highest BCUT2D eigenvalue weighted by molar-refractivity contribution is 5.81. The van der Waals surface area contributed by atoms with Crippen LogP contribution in [0, 0.1) is 6.92 Å². The molecule has 0 amide bonds. The first-order valence-corrected chi connectivity index (χ1v) is 6.45. The average molecular weight is 231 g/mol. The fourth-order valence-electron chi connectivity index (χ4n) is 2.56. The van der Waals surface area contributed by atoms with Crippen molar-refractivity contribution in [1.82, 2.24) is 0 Å². The first kappa shape index (κ1) is 12.2. The molecule has 0 unspecified atom stereocenters. The van der Waals surface area contributed by atoms with Crippen molar-refractivity contribution in [3.05, 3.63) is 29.3 Å². The van der Waals surface area contributed by atoms with Gasteiger partial charge in [-0.1, -0.05) is 32.0 Å². The summed E-state index contributed by atoms with van der Waals surface area (Å²) in [7, 11) is 0. The molecule has 0 aromatic heterocycles. The van der Waals surface area contributed by atoms with E-state index in [9.17, 15) is 4.79 Å². The number of carbonyl (C=O) groups is 1. The lowest BCUT2D eigenvalue weighted by atomic mass is 9.96. The van der Waals surface area contributed by atoms with Gasteiger partial charge in [0.25, 0.3) is 0 Å². The van der Waals surface area contributed by atoms with Gasteiger partial charge in [-0.25, -0.2) is 0 Å². The molecule has 1 fully saturated rings. The average Bonchev–Trinajstić information content (AvgIpc) is 2.30. The molecule has 0 radical (unpaired) electrons. The van der Waals surface area contributed by atoms with Gasteiger partial charge in [0, 0.05) is 31.6 Å². The van der Waals surface area contributed by atoms with E-state index < -0.39 is 0 Å². The van der Waals surface area contributed by atoms with E-state index in [1.807, 2.05) is 0 Å². The third-order valence-electron chi connectivity index (χ3n) is 3.53. The van der Waals surface area contributed by atoms with Crippen molar-refractivity contribution in [3.8, 4) is 0 Å². The van der Waals surface area contributed by atoms with Crippen LogP contribution >= 0.6 is 0 Å². The quantitative estimate of drug-likeness (QED) is 0.778. The maximum Gasteiger partial charge on any atom is 0.136 e. The Bertz CT molecular complexity index is 413. The number of hydrogen-bond donors (Lipinski definition) is 0. The van der Waals surface area contributed by atoms with Gasteiger partial charge in [0.1, 0.15) is 5.78 Å². The van der Waals surface area contributed by atoms with Gasteiger partial charge in [-0.05, 0) is 24.0 Å². The zero-order valence-electron chi connectivity index (χ0n) is 11.0. The van der Waals surface area contributed by atoms with Crippen LogP contribution in [-0.2, 0) is 4.79 Å². The second-order valence-corrected chi connectivity index (χ2v) is 5.19. The first-order chi connectivity index (χ1) is 8.09. The smallest absolute Gasteiger partial charge is 0.136 e. The minimum Gasteiger partial charge on any atom is -0.370 e. The molecule has 0 aliphatic carbocycles. The maximum atomic E-state index is 11.3. The van der Waals surface area contributed by atoms with E-state index in [1.54, 1.807) is 0 Å². The Labute approximate surface area is 104 Å². The van der Waals surface area contributed by atoms with Crippen LogP contribution < -0.4 is 4.90 Å². The summed E-state index contributed by atoms with van der Waals surface area (Å²) in [5.74, 6) is 0.934. The Morgan fingerprint density at radius 3 is 2.41 bits per heavy atom. The molecule has 17 heavy (non-hydrogen) atoms. The normalized spacial score (nSPS) is 16.7. The summed E-state index contributed by atoms with van der Waals surface area (Å²) in [5, 5.41) is 0. The van der Waals surface area contributed by atoms with Crippen molar-refractivity contribution < 1.29 is 4.79 Å². The minimum atomic E-state index is 0.404. The van der Waals surface area contributed by atoms with Crippen molar-refractivity contribution in [3.63, 3.8) is 0 Å². The fourth-order valence-corrected chi connectivity index (χ4v) is 2.56. The molecule has 2 rings (SSSR count). The molecule has 1 aromatic carbocycles. The number of piperidine rings is 1. The molecule has 2 heteroatoms. The molecule has 1 saturated heterocycles. The molecule has 0 N–H and O–H groups in total. The summed E-state index contributed by atoms with van der Waals surface area (Å²) >= 11 is 0. The zero-order chi connectivity index (χ0) is 12.4. The summed E-state index contributed by atoms with van der Waals surface area (Å²) in [5.41, 5.74) is 4.08. The van der Waals surface area contributed by atoms with Crippen molar-refractivity contribution in [2.75, 3.05) is 18.0 Å². The Kier molecular flexibility index (Phi) is 3.51. The van der Waals surface area contributed by atoms with Gasteiger partial charge in [0.2, 0.25) is 0 Å². The number of benzene rings is 1. The number of aryl methyl sites for hydroxylation is 1. The van der Waals surface area contributed by atoms with Crippen LogP contribution in [0.15, 0.2) is 18.2 Å². The van der Waals surface area contributed by atoms with Gasteiger partial charge >= 0.3 is 0 Å². The van der Waals surface area contributed by atoms with E-state index in [0.717, 1.165) is 13.1 Å². The molecule has 1 aliphatic rings. The highest BCUT2D eigenvalue weighted by Gasteiger charge is 2.20.